The van der Waals surface area contributed by atoms with Gasteiger partial charge in [-0.1, -0.05) is 12.1 Å². The minimum atomic E-state index is -0.0335. The number of aliphatic hydroxyl groups is 1. The maximum atomic E-state index is 12.6. The van der Waals surface area contributed by atoms with Crippen LogP contribution in [-0.2, 0) is 11.3 Å². The Hall–Kier alpha value is -1.39. The summed E-state index contributed by atoms with van der Waals surface area (Å²) in [5, 5.41) is 9.18. The van der Waals surface area contributed by atoms with E-state index in [4.69, 9.17) is 4.74 Å². The standard InChI is InChI=1S/C17H23NO3/c19-11-14-3-1-4-15(9-14)17(20)18-8-2-5-16(10-18)21-12-13-6-7-13/h1,3-4,9,13,16,19H,2,5-8,10-12H2. The maximum absolute atomic E-state index is 12.6. The van der Waals surface area contributed by atoms with Gasteiger partial charge in [0, 0.05) is 25.3 Å². The number of benzene rings is 1. The number of likely N-dealkylation sites (tertiary alicyclic amines) is 1. The van der Waals surface area contributed by atoms with Gasteiger partial charge in [0.2, 0.25) is 0 Å². The van der Waals surface area contributed by atoms with Gasteiger partial charge in [0.15, 0.2) is 0 Å². The molecule has 1 unspecified atom stereocenters. The van der Waals surface area contributed by atoms with Crippen molar-refractivity contribution in [2.45, 2.75) is 38.4 Å². The van der Waals surface area contributed by atoms with Crippen LogP contribution in [0.25, 0.3) is 0 Å². The van der Waals surface area contributed by atoms with Crippen LogP contribution in [0.4, 0.5) is 0 Å². The number of ether oxygens (including phenoxy) is 1. The van der Waals surface area contributed by atoms with Crippen LogP contribution in [0.3, 0.4) is 0 Å². The molecular formula is C17H23NO3. The molecule has 4 heteroatoms. The fourth-order valence-corrected chi connectivity index (χ4v) is 2.80. The van der Waals surface area contributed by atoms with Gasteiger partial charge in [0.05, 0.1) is 12.7 Å². The molecule has 1 heterocycles. The molecule has 1 amide bonds. The van der Waals surface area contributed by atoms with E-state index in [0.717, 1.165) is 37.5 Å². The van der Waals surface area contributed by atoms with Crippen molar-refractivity contribution in [1.82, 2.24) is 4.90 Å². The van der Waals surface area contributed by atoms with Crippen LogP contribution in [0.15, 0.2) is 24.3 Å². The second-order valence-electron chi connectivity index (χ2n) is 6.15. The topological polar surface area (TPSA) is 49.8 Å². The van der Waals surface area contributed by atoms with Crippen molar-refractivity contribution < 1.29 is 14.6 Å². The zero-order chi connectivity index (χ0) is 14.7. The average Bonchev–Trinajstić information content (AvgIpc) is 3.37. The molecule has 2 aliphatic rings. The van der Waals surface area contributed by atoms with Gasteiger partial charge in [-0.15, -0.1) is 0 Å². The predicted molar refractivity (Wildman–Crippen MR) is 80.0 cm³/mol. The first-order valence-corrected chi connectivity index (χ1v) is 7.87. The highest BCUT2D eigenvalue weighted by molar-refractivity contribution is 5.94. The van der Waals surface area contributed by atoms with Crippen molar-refractivity contribution in [3.63, 3.8) is 0 Å². The summed E-state index contributed by atoms with van der Waals surface area (Å²) in [5.41, 5.74) is 1.43. The van der Waals surface area contributed by atoms with Gasteiger partial charge in [0.25, 0.3) is 5.91 Å². The number of rotatable bonds is 5. The highest BCUT2D eigenvalue weighted by Gasteiger charge is 2.28. The number of hydrogen-bond donors (Lipinski definition) is 1. The second kappa shape index (κ2) is 6.58. The molecular weight excluding hydrogens is 266 g/mol. The number of carbonyl (C=O) groups excluding carboxylic acids is 1. The number of aliphatic hydroxyl groups excluding tert-OH is 1. The zero-order valence-electron chi connectivity index (χ0n) is 12.3. The molecule has 0 aromatic heterocycles. The summed E-state index contributed by atoms with van der Waals surface area (Å²) in [6.45, 7) is 2.31. The normalized spacial score (nSPS) is 22.3. The fourth-order valence-electron chi connectivity index (χ4n) is 2.80. The third-order valence-corrected chi connectivity index (χ3v) is 4.29. The Bertz CT molecular complexity index is 499. The number of hydrogen-bond acceptors (Lipinski definition) is 3. The van der Waals surface area contributed by atoms with Crippen LogP contribution >= 0.6 is 0 Å². The minimum absolute atomic E-state index is 0.0335. The number of amides is 1. The van der Waals surface area contributed by atoms with Crippen molar-refractivity contribution in [1.29, 1.82) is 0 Å². The van der Waals surface area contributed by atoms with Crippen LogP contribution < -0.4 is 0 Å². The quantitative estimate of drug-likeness (QED) is 0.904. The number of carbonyl (C=O) groups is 1. The van der Waals surface area contributed by atoms with E-state index in [-0.39, 0.29) is 18.6 Å². The highest BCUT2D eigenvalue weighted by Crippen LogP contribution is 2.30. The minimum Gasteiger partial charge on any atom is -0.392 e. The third kappa shape index (κ3) is 3.83. The molecule has 114 valence electrons. The predicted octanol–water partition coefficient (Wildman–Crippen LogP) is 2.21. The Balaban J connectivity index is 1.59. The smallest absolute Gasteiger partial charge is 0.253 e. The SMILES string of the molecule is O=C(c1cccc(CO)c1)N1CCCC(OCC2CC2)C1. The molecule has 0 bridgehead atoms. The molecule has 1 aromatic rings. The Morgan fingerprint density at radius 3 is 2.95 bits per heavy atom. The molecule has 1 atom stereocenters. The zero-order valence-corrected chi connectivity index (χ0v) is 12.3. The Morgan fingerprint density at radius 1 is 1.33 bits per heavy atom. The molecule has 21 heavy (non-hydrogen) atoms. The van der Waals surface area contributed by atoms with Crippen LogP contribution in [0.5, 0.6) is 0 Å². The summed E-state index contributed by atoms with van der Waals surface area (Å²) >= 11 is 0. The summed E-state index contributed by atoms with van der Waals surface area (Å²) < 4.78 is 5.93. The summed E-state index contributed by atoms with van der Waals surface area (Å²) in [6.07, 6.45) is 4.82. The van der Waals surface area contributed by atoms with Gasteiger partial charge < -0.3 is 14.7 Å². The monoisotopic (exact) mass is 289 g/mol. The van der Waals surface area contributed by atoms with Gasteiger partial charge in [-0.05, 0) is 49.3 Å². The van der Waals surface area contributed by atoms with E-state index >= 15 is 0 Å². The van der Waals surface area contributed by atoms with Crippen molar-refractivity contribution in [3.8, 4) is 0 Å². The molecule has 1 saturated heterocycles. The molecule has 3 rings (SSSR count). The van der Waals surface area contributed by atoms with E-state index in [0.29, 0.717) is 12.1 Å². The van der Waals surface area contributed by atoms with E-state index in [9.17, 15) is 9.90 Å². The largest absolute Gasteiger partial charge is 0.392 e. The van der Waals surface area contributed by atoms with Crippen molar-refractivity contribution in [3.05, 3.63) is 35.4 Å². The molecule has 1 aliphatic carbocycles. The first-order valence-electron chi connectivity index (χ1n) is 7.87. The van der Waals surface area contributed by atoms with Crippen molar-refractivity contribution in [2.24, 2.45) is 5.92 Å². The van der Waals surface area contributed by atoms with E-state index in [1.807, 2.05) is 23.1 Å². The average molecular weight is 289 g/mol. The van der Waals surface area contributed by atoms with E-state index < -0.39 is 0 Å². The highest BCUT2D eigenvalue weighted by atomic mass is 16.5. The van der Waals surface area contributed by atoms with E-state index in [1.165, 1.54) is 12.8 Å². The molecule has 4 nitrogen and oxygen atoms in total. The lowest BCUT2D eigenvalue weighted by molar-refractivity contribution is -0.00242. The lowest BCUT2D eigenvalue weighted by Gasteiger charge is -2.33. The molecule has 0 radical (unpaired) electrons. The van der Waals surface area contributed by atoms with E-state index in [2.05, 4.69) is 0 Å². The van der Waals surface area contributed by atoms with Crippen LogP contribution in [0, 0.1) is 5.92 Å². The summed E-state index contributed by atoms with van der Waals surface area (Å²) in [5.74, 6) is 0.808. The Kier molecular flexibility index (Phi) is 4.56. The summed E-state index contributed by atoms with van der Waals surface area (Å²) in [7, 11) is 0. The molecule has 1 aromatic carbocycles. The second-order valence-corrected chi connectivity index (χ2v) is 6.15. The lowest BCUT2D eigenvalue weighted by Crippen LogP contribution is -2.43. The lowest BCUT2D eigenvalue weighted by atomic mass is 10.1. The van der Waals surface area contributed by atoms with Crippen LogP contribution in [0.2, 0.25) is 0 Å². The third-order valence-electron chi connectivity index (χ3n) is 4.29. The van der Waals surface area contributed by atoms with Gasteiger partial charge in [-0.3, -0.25) is 4.79 Å². The van der Waals surface area contributed by atoms with Gasteiger partial charge >= 0.3 is 0 Å². The van der Waals surface area contributed by atoms with Gasteiger partial charge in [-0.25, -0.2) is 0 Å². The summed E-state index contributed by atoms with van der Waals surface area (Å²) in [6, 6.07) is 7.24. The maximum Gasteiger partial charge on any atom is 0.253 e. The van der Waals surface area contributed by atoms with Crippen molar-refractivity contribution in [2.75, 3.05) is 19.7 Å². The molecule has 0 spiro atoms. The van der Waals surface area contributed by atoms with Crippen molar-refractivity contribution >= 4 is 5.91 Å². The Morgan fingerprint density at radius 2 is 2.19 bits per heavy atom. The first kappa shape index (κ1) is 14.5. The fraction of sp³-hybridized carbons (Fsp3) is 0.588. The summed E-state index contributed by atoms with van der Waals surface area (Å²) in [4.78, 5) is 14.4. The van der Waals surface area contributed by atoms with Gasteiger partial charge in [0.1, 0.15) is 0 Å². The number of nitrogens with zero attached hydrogens (tertiary/aromatic N) is 1. The first-order chi connectivity index (χ1) is 10.3. The number of piperidine rings is 1. The van der Waals surface area contributed by atoms with Gasteiger partial charge in [-0.2, -0.15) is 0 Å². The molecule has 1 saturated carbocycles. The molecule has 1 N–H and O–H groups in total. The molecule has 2 fully saturated rings. The van der Waals surface area contributed by atoms with Crippen LogP contribution in [-0.4, -0.2) is 41.7 Å². The van der Waals surface area contributed by atoms with Crippen LogP contribution in [0.1, 0.15) is 41.6 Å². The Labute approximate surface area is 125 Å². The van der Waals surface area contributed by atoms with E-state index in [1.54, 1.807) is 6.07 Å². The molecule has 1 aliphatic heterocycles.